The second kappa shape index (κ2) is 5.52. The van der Waals surface area contributed by atoms with E-state index in [0.717, 1.165) is 12.1 Å². The second-order valence-electron chi connectivity index (χ2n) is 3.15. The van der Waals surface area contributed by atoms with Crippen molar-refractivity contribution < 1.29 is 32.2 Å². The number of carbonyl (C=O) groups is 2. The summed E-state index contributed by atoms with van der Waals surface area (Å²) in [6.45, 7) is 1.78. The zero-order chi connectivity index (χ0) is 13.8. The van der Waals surface area contributed by atoms with E-state index in [1.807, 2.05) is 0 Å². The van der Waals surface area contributed by atoms with Gasteiger partial charge in [-0.1, -0.05) is 0 Å². The minimum atomic E-state index is -4.90. The largest absolute Gasteiger partial charge is 0.573 e. The number of halogens is 3. The third-order valence-electron chi connectivity index (χ3n) is 1.90. The van der Waals surface area contributed by atoms with Gasteiger partial charge in [0, 0.05) is 0 Å². The Morgan fingerprint density at radius 3 is 2.00 bits per heavy atom. The summed E-state index contributed by atoms with van der Waals surface area (Å²) in [5.74, 6) is -0.702. The van der Waals surface area contributed by atoms with Crippen molar-refractivity contribution in [3.8, 4) is 11.5 Å². The quantitative estimate of drug-likeness (QED) is 0.765. The molecule has 0 fully saturated rings. The Labute approximate surface area is 100 Å². The molecule has 0 aromatic heterocycles. The molecule has 0 heterocycles. The van der Waals surface area contributed by atoms with Crippen molar-refractivity contribution in [2.75, 3.05) is 6.61 Å². The molecule has 0 radical (unpaired) electrons. The van der Waals surface area contributed by atoms with Crippen LogP contribution >= 0.6 is 0 Å². The Hall–Kier alpha value is -2.05. The van der Waals surface area contributed by atoms with Gasteiger partial charge in [0.05, 0.1) is 17.7 Å². The molecule has 0 aliphatic carbocycles. The van der Waals surface area contributed by atoms with Crippen molar-refractivity contribution >= 4 is 12.6 Å². The molecule has 0 saturated carbocycles. The molecule has 4 nitrogen and oxygen atoms in total. The summed E-state index contributed by atoms with van der Waals surface area (Å²) < 4.78 is 44.8. The Morgan fingerprint density at radius 2 is 1.67 bits per heavy atom. The van der Waals surface area contributed by atoms with Crippen LogP contribution in [0.1, 0.15) is 27.6 Å². The zero-order valence-corrected chi connectivity index (χ0v) is 9.28. The number of benzene rings is 1. The van der Waals surface area contributed by atoms with E-state index in [-0.39, 0.29) is 23.5 Å². The maximum absolute atomic E-state index is 12.0. The average molecular weight is 262 g/mol. The highest BCUT2D eigenvalue weighted by molar-refractivity contribution is 5.89. The highest BCUT2D eigenvalue weighted by Gasteiger charge is 2.31. The van der Waals surface area contributed by atoms with Crippen molar-refractivity contribution in [2.24, 2.45) is 0 Å². The Balaban J connectivity index is 3.25. The SMILES string of the molecule is CCOc1c(C=O)cc(OC(F)(F)F)cc1C=O. The molecule has 98 valence electrons. The molecule has 7 heteroatoms. The van der Waals surface area contributed by atoms with E-state index in [9.17, 15) is 22.8 Å². The molecule has 1 aromatic carbocycles. The van der Waals surface area contributed by atoms with Gasteiger partial charge < -0.3 is 9.47 Å². The van der Waals surface area contributed by atoms with Crippen molar-refractivity contribution in [2.45, 2.75) is 13.3 Å². The fourth-order valence-electron chi connectivity index (χ4n) is 1.32. The summed E-state index contributed by atoms with van der Waals surface area (Å²) in [6, 6.07) is 1.72. The predicted octanol–water partition coefficient (Wildman–Crippen LogP) is 2.61. The number of carbonyl (C=O) groups excluding carboxylic acids is 2. The van der Waals surface area contributed by atoms with Gasteiger partial charge >= 0.3 is 6.36 Å². The molecule has 1 rings (SSSR count). The van der Waals surface area contributed by atoms with Gasteiger partial charge in [0.15, 0.2) is 12.6 Å². The Bertz CT molecular complexity index is 425. The van der Waals surface area contributed by atoms with E-state index >= 15 is 0 Å². The van der Waals surface area contributed by atoms with Crippen LogP contribution in [-0.4, -0.2) is 25.5 Å². The van der Waals surface area contributed by atoms with Crippen LogP contribution in [0.3, 0.4) is 0 Å². The molecule has 0 bridgehead atoms. The smallest absolute Gasteiger partial charge is 0.492 e. The number of hydrogen-bond acceptors (Lipinski definition) is 4. The number of hydrogen-bond donors (Lipinski definition) is 0. The van der Waals surface area contributed by atoms with Gasteiger partial charge in [-0.05, 0) is 19.1 Å². The standard InChI is InChI=1S/C11H9F3O4/c1-2-17-10-7(5-15)3-9(4-8(10)6-16)18-11(12,13)14/h3-6H,2H2,1H3. The lowest BCUT2D eigenvalue weighted by Crippen LogP contribution is -2.17. The highest BCUT2D eigenvalue weighted by atomic mass is 19.4. The third kappa shape index (κ3) is 3.47. The van der Waals surface area contributed by atoms with Gasteiger partial charge in [-0.2, -0.15) is 0 Å². The molecule has 0 spiro atoms. The monoisotopic (exact) mass is 262 g/mol. The maximum atomic E-state index is 12.0. The minimum Gasteiger partial charge on any atom is -0.492 e. The van der Waals surface area contributed by atoms with Gasteiger partial charge in [0.2, 0.25) is 0 Å². The maximum Gasteiger partial charge on any atom is 0.573 e. The Morgan fingerprint density at radius 1 is 1.17 bits per heavy atom. The molecule has 0 atom stereocenters. The molecule has 0 N–H and O–H groups in total. The molecule has 1 aromatic rings. The summed E-state index contributed by atoms with van der Waals surface area (Å²) in [7, 11) is 0. The molecular formula is C11H9F3O4. The zero-order valence-electron chi connectivity index (χ0n) is 9.28. The van der Waals surface area contributed by atoms with E-state index < -0.39 is 12.1 Å². The van der Waals surface area contributed by atoms with Gasteiger partial charge in [0.25, 0.3) is 0 Å². The first-order chi connectivity index (χ1) is 8.41. The third-order valence-corrected chi connectivity index (χ3v) is 1.90. The summed E-state index contributed by atoms with van der Waals surface area (Å²) in [5, 5.41) is 0. The number of ether oxygens (including phenoxy) is 2. The molecule has 0 amide bonds. The highest BCUT2D eigenvalue weighted by Crippen LogP contribution is 2.30. The summed E-state index contributed by atoms with van der Waals surface area (Å²) >= 11 is 0. The normalized spacial score (nSPS) is 10.9. The lowest BCUT2D eigenvalue weighted by molar-refractivity contribution is -0.274. The lowest BCUT2D eigenvalue weighted by Gasteiger charge is -2.13. The first kappa shape index (κ1) is 14.0. The molecule has 0 aliphatic rings. The summed E-state index contributed by atoms with van der Waals surface area (Å²) in [4.78, 5) is 21.5. The van der Waals surface area contributed by atoms with Gasteiger partial charge in [-0.3, -0.25) is 9.59 Å². The number of alkyl halides is 3. The van der Waals surface area contributed by atoms with Gasteiger partial charge in [0.1, 0.15) is 11.5 Å². The van der Waals surface area contributed by atoms with Crippen molar-refractivity contribution in [1.82, 2.24) is 0 Å². The molecule has 0 aliphatic heterocycles. The lowest BCUT2D eigenvalue weighted by atomic mass is 10.1. The van der Waals surface area contributed by atoms with Gasteiger partial charge in [-0.15, -0.1) is 13.2 Å². The van der Waals surface area contributed by atoms with Crippen LogP contribution < -0.4 is 9.47 Å². The summed E-state index contributed by atoms with van der Waals surface area (Å²) in [6.07, 6.45) is -4.31. The minimum absolute atomic E-state index is 0.0583. The van der Waals surface area contributed by atoms with E-state index in [1.165, 1.54) is 0 Å². The van der Waals surface area contributed by atoms with E-state index in [4.69, 9.17) is 4.74 Å². The van der Waals surface area contributed by atoms with E-state index in [2.05, 4.69) is 4.74 Å². The molecule has 0 saturated heterocycles. The summed E-state index contributed by atoms with van der Waals surface area (Å²) in [5.41, 5.74) is -0.360. The van der Waals surface area contributed by atoms with Crippen LogP contribution in [0.5, 0.6) is 11.5 Å². The average Bonchev–Trinajstić information content (AvgIpc) is 2.28. The first-order valence-electron chi connectivity index (χ1n) is 4.88. The van der Waals surface area contributed by atoms with Crippen LogP contribution in [0.2, 0.25) is 0 Å². The van der Waals surface area contributed by atoms with Crippen molar-refractivity contribution in [3.63, 3.8) is 0 Å². The van der Waals surface area contributed by atoms with E-state index in [1.54, 1.807) is 6.92 Å². The number of aldehydes is 2. The van der Waals surface area contributed by atoms with Crippen LogP contribution in [0.25, 0.3) is 0 Å². The van der Waals surface area contributed by atoms with Crippen LogP contribution in [0.15, 0.2) is 12.1 Å². The predicted molar refractivity (Wildman–Crippen MR) is 55.1 cm³/mol. The Kier molecular flexibility index (Phi) is 4.30. The topological polar surface area (TPSA) is 52.6 Å². The van der Waals surface area contributed by atoms with Gasteiger partial charge in [-0.25, -0.2) is 0 Å². The van der Waals surface area contributed by atoms with Crippen molar-refractivity contribution in [3.05, 3.63) is 23.3 Å². The van der Waals surface area contributed by atoms with Crippen LogP contribution in [0, 0.1) is 0 Å². The first-order valence-corrected chi connectivity index (χ1v) is 4.88. The van der Waals surface area contributed by atoms with Crippen molar-refractivity contribution in [1.29, 1.82) is 0 Å². The fourth-order valence-corrected chi connectivity index (χ4v) is 1.32. The van der Waals surface area contributed by atoms with Crippen LogP contribution in [-0.2, 0) is 0 Å². The molecule has 18 heavy (non-hydrogen) atoms. The van der Waals surface area contributed by atoms with Crippen LogP contribution in [0.4, 0.5) is 13.2 Å². The van der Waals surface area contributed by atoms with E-state index in [0.29, 0.717) is 12.6 Å². The fraction of sp³-hybridized carbons (Fsp3) is 0.273. The second-order valence-corrected chi connectivity index (χ2v) is 3.15. The molecule has 0 unspecified atom stereocenters. The number of rotatable bonds is 5. The molecular weight excluding hydrogens is 253 g/mol.